The Morgan fingerprint density at radius 1 is 1.12 bits per heavy atom. The summed E-state index contributed by atoms with van der Waals surface area (Å²) in [6.07, 6.45) is 6.37. The number of hydrogen-bond donors (Lipinski definition) is 1. The maximum atomic E-state index is 13.2. The fourth-order valence-corrected chi connectivity index (χ4v) is 4.50. The maximum Gasteiger partial charge on any atom is 0.233 e. The molecule has 1 heterocycles. The van der Waals surface area contributed by atoms with E-state index in [0.29, 0.717) is 26.1 Å². The van der Waals surface area contributed by atoms with E-state index in [0.717, 1.165) is 37.4 Å². The predicted molar refractivity (Wildman–Crippen MR) is 97.7 cm³/mol. The van der Waals surface area contributed by atoms with Gasteiger partial charge in [-0.15, -0.1) is 0 Å². The number of ether oxygens (including phenoxy) is 1. The first-order valence-electron chi connectivity index (χ1n) is 9.77. The second-order valence-corrected chi connectivity index (χ2v) is 8.21. The number of amides is 1. The van der Waals surface area contributed by atoms with Crippen LogP contribution in [-0.2, 0) is 9.53 Å². The number of hydrogen-bond acceptors (Lipinski definition) is 3. The van der Waals surface area contributed by atoms with Crippen LogP contribution in [0.25, 0.3) is 0 Å². The first-order chi connectivity index (χ1) is 12.1. The van der Waals surface area contributed by atoms with Crippen LogP contribution >= 0.6 is 0 Å². The van der Waals surface area contributed by atoms with Crippen LogP contribution in [0.3, 0.4) is 0 Å². The van der Waals surface area contributed by atoms with Gasteiger partial charge in [0, 0.05) is 18.8 Å². The van der Waals surface area contributed by atoms with Gasteiger partial charge in [-0.25, -0.2) is 0 Å². The quantitative estimate of drug-likeness (QED) is 0.888. The van der Waals surface area contributed by atoms with E-state index in [9.17, 15) is 9.90 Å². The highest BCUT2D eigenvalue weighted by Crippen LogP contribution is 2.49. The van der Waals surface area contributed by atoms with Crippen LogP contribution in [0.15, 0.2) is 24.3 Å². The van der Waals surface area contributed by atoms with Crippen LogP contribution in [0.2, 0.25) is 0 Å². The van der Waals surface area contributed by atoms with Gasteiger partial charge in [-0.05, 0) is 75.5 Å². The third kappa shape index (κ3) is 3.22. The molecule has 1 aliphatic heterocycles. The van der Waals surface area contributed by atoms with Crippen molar-refractivity contribution in [3.63, 3.8) is 0 Å². The standard InChI is InChI=1S/C21H29NO3/c1-2-25-15-21(24)11-9-20(10-12-21)13-14-22(19(20)23)18-7-5-17(6-8-18)16-3-4-16/h5-8,16,24H,2-4,9-15H2,1H3. The molecule has 136 valence electrons. The summed E-state index contributed by atoms with van der Waals surface area (Å²) in [5.74, 6) is 1.00. The van der Waals surface area contributed by atoms with Crippen molar-refractivity contribution in [2.24, 2.45) is 5.41 Å². The molecule has 4 heteroatoms. The molecule has 1 aromatic carbocycles. The van der Waals surface area contributed by atoms with Crippen LogP contribution in [0.4, 0.5) is 5.69 Å². The molecular weight excluding hydrogens is 314 g/mol. The van der Waals surface area contributed by atoms with Crippen molar-refractivity contribution in [3.8, 4) is 0 Å². The van der Waals surface area contributed by atoms with Crippen LogP contribution in [0.5, 0.6) is 0 Å². The van der Waals surface area contributed by atoms with E-state index in [1.807, 2.05) is 11.8 Å². The molecular formula is C21H29NO3. The van der Waals surface area contributed by atoms with Crippen LogP contribution in [0.1, 0.15) is 63.4 Å². The molecule has 3 fully saturated rings. The second kappa shape index (κ2) is 6.40. The molecule has 1 N–H and O–H groups in total. The van der Waals surface area contributed by atoms with E-state index in [1.165, 1.54) is 18.4 Å². The highest BCUT2D eigenvalue weighted by molar-refractivity contribution is 6.00. The molecule has 0 aromatic heterocycles. The Morgan fingerprint density at radius 2 is 1.80 bits per heavy atom. The third-order valence-electron chi connectivity index (χ3n) is 6.48. The summed E-state index contributed by atoms with van der Waals surface area (Å²) in [6, 6.07) is 8.59. The Kier molecular flexibility index (Phi) is 4.37. The zero-order valence-electron chi connectivity index (χ0n) is 15.2. The average Bonchev–Trinajstić information content (AvgIpc) is 3.43. The third-order valence-corrected chi connectivity index (χ3v) is 6.48. The summed E-state index contributed by atoms with van der Waals surface area (Å²) < 4.78 is 5.43. The largest absolute Gasteiger partial charge is 0.387 e. The lowest BCUT2D eigenvalue weighted by Gasteiger charge is -2.40. The topological polar surface area (TPSA) is 49.8 Å². The van der Waals surface area contributed by atoms with Gasteiger partial charge in [-0.3, -0.25) is 4.79 Å². The molecule has 2 saturated carbocycles. The van der Waals surface area contributed by atoms with Gasteiger partial charge < -0.3 is 14.7 Å². The summed E-state index contributed by atoms with van der Waals surface area (Å²) in [7, 11) is 0. The van der Waals surface area contributed by atoms with Gasteiger partial charge in [0.15, 0.2) is 0 Å². The maximum absolute atomic E-state index is 13.2. The van der Waals surface area contributed by atoms with Gasteiger partial charge >= 0.3 is 0 Å². The van der Waals surface area contributed by atoms with Crippen molar-refractivity contribution in [2.75, 3.05) is 24.7 Å². The van der Waals surface area contributed by atoms with Crippen molar-refractivity contribution < 1.29 is 14.6 Å². The summed E-state index contributed by atoms with van der Waals surface area (Å²) in [6.45, 7) is 3.75. The van der Waals surface area contributed by atoms with Crippen LogP contribution in [-0.4, -0.2) is 36.4 Å². The molecule has 0 radical (unpaired) electrons. The van der Waals surface area contributed by atoms with Crippen LogP contribution < -0.4 is 4.90 Å². The fourth-order valence-electron chi connectivity index (χ4n) is 4.50. The molecule has 25 heavy (non-hydrogen) atoms. The highest BCUT2D eigenvalue weighted by atomic mass is 16.5. The molecule has 4 rings (SSSR count). The Balaban J connectivity index is 1.43. The number of rotatable bonds is 5. The van der Waals surface area contributed by atoms with Gasteiger partial charge in [0.25, 0.3) is 0 Å². The summed E-state index contributed by atoms with van der Waals surface area (Å²) in [5.41, 5.74) is 1.42. The molecule has 4 nitrogen and oxygen atoms in total. The normalized spacial score (nSPS) is 32.6. The van der Waals surface area contributed by atoms with E-state index in [4.69, 9.17) is 4.74 Å². The average molecular weight is 343 g/mol. The molecule has 0 bridgehead atoms. The molecule has 0 unspecified atom stereocenters. The van der Waals surface area contributed by atoms with Crippen molar-refractivity contribution in [2.45, 2.75) is 63.4 Å². The predicted octanol–water partition coefficient (Wildman–Crippen LogP) is 3.63. The van der Waals surface area contributed by atoms with Crippen molar-refractivity contribution in [3.05, 3.63) is 29.8 Å². The van der Waals surface area contributed by atoms with Crippen molar-refractivity contribution in [1.29, 1.82) is 0 Å². The van der Waals surface area contributed by atoms with Gasteiger partial charge in [0.2, 0.25) is 5.91 Å². The first kappa shape index (κ1) is 17.0. The zero-order chi connectivity index (χ0) is 17.5. The lowest BCUT2D eigenvalue weighted by Crippen LogP contribution is -2.45. The minimum atomic E-state index is -0.749. The number of benzene rings is 1. The monoisotopic (exact) mass is 343 g/mol. The van der Waals surface area contributed by atoms with Crippen molar-refractivity contribution in [1.82, 2.24) is 0 Å². The van der Waals surface area contributed by atoms with Gasteiger partial charge in [0.05, 0.1) is 17.6 Å². The lowest BCUT2D eigenvalue weighted by atomic mass is 9.68. The van der Waals surface area contributed by atoms with E-state index >= 15 is 0 Å². The number of nitrogens with zero attached hydrogens (tertiary/aromatic N) is 1. The molecule has 1 aromatic rings. The lowest BCUT2D eigenvalue weighted by molar-refractivity contribution is -0.133. The molecule has 1 saturated heterocycles. The fraction of sp³-hybridized carbons (Fsp3) is 0.667. The first-order valence-corrected chi connectivity index (χ1v) is 9.77. The molecule has 2 aliphatic carbocycles. The Morgan fingerprint density at radius 3 is 2.40 bits per heavy atom. The molecule has 1 spiro atoms. The Hall–Kier alpha value is -1.39. The Labute approximate surface area is 150 Å². The van der Waals surface area contributed by atoms with Gasteiger partial charge in [-0.2, -0.15) is 0 Å². The van der Waals surface area contributed by atoms with E-state index in [2.05, 4.69) is 24.3 Å². The van der Waals surface area contributed by atoms with Gasteiger partial charge in [-0.1, -0.05) is 12.1 Å². The SMILES string of the molecule is CCOCC1(O)CCC2(CCN(c3ccc(C4CC4)cc3)C2=O)CC1. The number of aliphatic hydroxyl groups is 1. The van der Waals surface area contributed by atoms with E-state index in [-0.39, 0.29) is 11.3 Å². The molecule has 1 amide bonds. The summed E-state index contributed by atoms with van der Waals surface area (Å²) in [5, 5.41) is 10.7. The number of carbonyl (C=O) groups is 1. The summed E-state index contributed by atoms with van der Waals surface area (Å²) >= 11 is 0. The minimum absolute atomic E-state index is 0.255. The van der Waals surface area contributed by atoms with Crippen LogP contribution in [0, 0.1) is 5.41 Å². The second-order valence-electron chi connectivity index (χ2n) is 8.21. The Bertz CT molecular complexity index is 627. The number of anilines is 1. The molecule has 3 aliphatic rings. The summed E-state index contributed by atoms with van der Waals surface area (Å²) in [4.78, 5) is 15.1. The van der Waals surface area contributed by atoms with Gasteiger partial charge in [0.1, 0.15) is 0 Å². The smallest absolute Gasteiger partial charge is 0.233 e. The van der Waals surface area contributed by atoms with Crippen molar-refractivity contribution >= 4 is 11.6 Å². The minimum Gasteiger partial charge on any atom is -0.387 e. The highest BCUT2D eigenvalue weighted by Gasteiger charge is 2.51. The van der Waals surface area contributed by atoms with E-state index < -0.39 is 5.60 Å². The van der Waals surface area contributed by atoms with E-state index in [1.54, 1.807) is 0 Å². The molecule has 0 atom stereocenters. The zero-order valence-corrected chi connectivity index (χ0v) is 15.2. The number of carbonyl (C=O) groups excluding carboxylic acids is 1.